The lowest BCUT2D eigenvalue weighted by Crippen LogP contribution is -2.45. The van der Waals surface area contributed by atoms with E-state index in [2.05, 4.69) is 17.3 Å². The van der Waals surface area contributed by atoms with E-state index >= 15 is 0 Å². The van der Waals surface area contributed by atoms with Crippen molar-refractivity contribution in [1.82, 2.24) is 9.80 Å². The number of fused-ring (bicyclic) bond motifs is 2. The first-order chi connectivity index (χ1) is 9.63. The average molecular weight is 294 g/mol. The topological polar surface area (TPSA) is 35.6 Å². The molecule has 0 spiro atoms. The molecule has 3 rings (SSSR count). The Hall–Kier alpha value is -1.26. The molecule has 1 aromatic rings. The van der Waals surface area contributed by atoms with Gasteiger partial charge >= 0.3 is 6.03 Å². The fraction of sp³-hybridized carbons (Fsp3) is 0.533. The number of amides is 2. The average Bonchev–Trinajstić information content (AvgIpc) is 2.70. The number of hydrogen-bond acceptors (Lipinski definition) is 2. The number of hydrogen-bond donors (Lipinski definition) is 1. The summed E-state index contributed by atoms with van der Waals surface area (Å²) in [5.41, 5.74) is 0.763. The fourth-order valence-corrected chi connectivity index (χ4v) is 3.52. The Morgan fingerprint density at radius 1 is 1.30 bits per heavy atom. The molecule has 4 nitrogen and oxygen atoms in total. The van der Waals surface area contributed by atoms with Crippen LogP contribution in [0.3, 0.4) is 0 Å². The van der Waals surface area contributed by atoms with Crippen LogP contribution >= 0.6 is 11.6 Å². The van der Waals surface area contributed by atoms with Crippen molar-refractivity contribution in [3.05, 3.63) is 29.3 Å². The first kappa shape index (κ1) is 13.7. The van der Waals surface area contributed by atoms with E-state index in [1.165, 1.54) is 0 Å². The van der Waals surface area contributed by atoms with Gasteiger partial charge in [0.05, 0.1) is 0 Å². The summed E-state index contributed by atoms with van der Waals surface area (Å²) in [6.45, 7) is 2.04. The van der Waals surface area contributed by atoms with Gasteiger partial charge in [-0.1, -0.05) is 17.7 Å². The third-order valence-corrected chi connectivity index (χ3v) is 4.53. The molecule has 108 valence electrons. The summed E-state index contributed by atoms with van der Waals surface area (Å²) in [4.78, 5) is 16.9. The lowest BCUT2D eigenvalue weighted by molar-refractivity contribution is 0.186. The summed E-state index contributed by atoms with van der Waals surface area (Å²) in [6, 6.07) is 8.04. The number of halogens is 1. The van der Waals surface area contributed by atoms with Crippen LogP contribution in [0, 0.1) is 0 Å². The molecular formula is C15H20ClN3O. The van der Waals surface area contributed by atoms with Crippen molar-refractivity contribution in [3.8, 4) is 0 Å². The Kier molecular flexibility index (Phi) is 3.85. The molecule has 2 bridgehead atoms. The van der Waals surface area contributed by atoms with E-state index in [9.17, 15) is 4.79 Å². The van der Waals surface area contributed by atoms with E-state index in [0.717, 1.165) is 38.0 Å². The first-order valence-electron chi connectivity index (χ1n) is 7.17. The zero-order chi connectivity index (χ0) is 14.1. The summed E-state index contributed by atoms with van der Waals surface area (Å²) < 4.78 is 0. The highest BCUT2D eigenvalue weighted by atomic mass is 35.5. The molecule has 2 heterocycles. The van der Waals surface area contributed by atoms with Crippen molar-refractivity contribution in [2.45, 2.75) is 31.3 Å². The number of carbonyl (C=O) groups is 1. The maximum absolute atomic E-state index is 12.6. The van der Waals surface area contributed by atoms with Crippen LogP contribution < -0.4 is 5.32 Å². The van der Waals surface area contributed by atoms with Gasteiger partial charge in [0.15, 0.2) is 0 Å². The Bertz CT molecular complexity index is 508. The van der Waals surface area contributed by atoms with Crippen molar-refractivity contribution in [1.29, 1.82) is 0 Å². The Morgan fingerprint density at radius 3 is 2.90 bits per heavy atom. The van der Waals surface area contributed by atoms with E-state index in [1.807, 2.05) is 23.1 Å². The molecule has 0 aliphatic carbocycles. The summed E-state index contributed by atoms with van der Waals surface area (Å²) in [7, 11) is 2.13. The minimum atomic E-state index is 0.00932. The minimum Gasteiger partial charge on any atom is -0.317 e. The molecule has 2 aliphatic heterocycles. The molecule has 5 heteroatoms. The molecule has 1 aromatic carbocycles. The fourth-order valence-electron chi connectivity index (χ4n) is 3.33. The van der Waals surface area contributed by atoms with Crippen LogP contribution in [0.4, 0.5) is 10.5 Å². The van der Waals surface area contributed by atoms with Crippen LogP contribution in [-0.2, 0) is 0 Å². The third-order valence-electron chi connectivity index (χ3n) is 4.30. The zero-order valence-corrected chi connectivity index (χ0v) is 12.4. The molecule has 0 aromatic heterocycles. The van der Waals surface area contributed by atoms with E-state index in [4.69, 9.17) is 11.6 Å². The van der Waals surface area contributed by atoms with Crippen molar-refractivity contribution in [2.75, 3.05) is 25.5 Å². The smallest absolute Gasteiger partial charge is 0.317 e. The minimum absolute atomic E-state index is 0.00932. The van der Waals surface area contributed by atoms with Gasteiger partial charge in [0.25, 0.3) is 0 Å². The molecule has 0 saturated carbocycles. The Morgan fingerprint density at radius 2 is 2.10 bits per heavy atom. The molecule has 2 atom stereocenters. The molecular weight excluding hydrogens is 274 g/mol. The van der Waals surface area contributed by atoms with Gasteiger partial charge in [0.2, 0.25) is 0 Å². The number of benzene rings is 1. The highest BCUT2D eigenvalue weighted by molar-refractivity contribution is 6.30. The summed E-state index contributed by atoms with van der Waals surface area (Å²) >= 11 is 5.96. The lowest BCUT2D eigenvalue weighted by Gasteiger charge is -2.28. The molecule has 2 saturated heterocycles. The van der Waals surface area contributed by atoms with Gasteiger partial charge in [-0.3, -0.25) is 0 Å². The number of anilines is 1. The molecule has 2 aliphatic rings. The monoisotopic (exact) mass is 293 g/mol. The predicted octanol–water partition coefficient (Wildman–Crippen LogP) is 3.04. The molecule has 1 N–H and O–H groups in total. The summed E-state index contributed by atoms with van der Waals surface area (Å²) in [5.74, 6) is 0. The maximum Gasteiger partial charge on any atom is 0.322 e. The van der Waals surface area contributed by atoms with Crippen LogP contribution in [-0.4, -0.2) is 48.1 Å². The number of nitrogens with one attached hydrogen (secondary N) is 1. The van der Waals surface area contributed by atoms with E-state index < -0.39 is 0 Å². The quantitative estimate of drug-likeness (QED) is 0.864. The van der Waals surface area contributed by atoms with Gasteiger partial charge in [-0.15, -0.1) is 0 Å². The highest BCUT2D eigenvalue weighted by Gasteiger charge is 2.39. The van der Waals surface area contributed by atoms with Gasteiger partial charge in [0, 0.05) is 29.3 Å². The van der Waals surface area contributed by atoms with Crippen molar-refractivity contribution in [2.24, 2.45) is 0 Å². The molecule has 0 radical (unpaired) electrons. The van der Waals surface area contributed by atoms with E-state index in [0.29, 0.717) is 17.1 Å². The van der Waals surface area contributed by atoms with Gasteiger partial charge < -0.3 is 15.1 Å². The van der Waals surface area contributed by atoms with Crippen molar-refractivity contribution in [3.63, 3.8) is 0 Å². The highest BCUT2D eigenvalue weighted by Crippen LogP contribution is 2.30. The van der Waals surface area contributed by atoms with Gasteiger partial charge in [-0.2, -0.15) is 0 Å². The summed E-state index contributed by atoms with van der Waals surface area (Å²) in [5, 5.41) is 3.62. The van der Waals surface area contributed by atoms with Crippen LogP contribution in [0.15, 0.2) is 24.3 Å². The Balaban J connectivity index is 1.73. The molecule has 2 fully saturated rings. The molecule has 2 amide bonds. The van der Waals surface area contributed by atoms with Crippen LogP contribution in [0.2, 0.25) is 5.02 Å². The third kappa shape index (κ3) is 2.76. The van der Waals surface area contributed by atoms with E-state index in [1.54, 1.807) is 6.07 Å². The second-order valence-electron chi connectivity index (χ2n) is 5.78. The number of likely N-dealkylation sites (tertiary alicyclic amines) is 1. The summed E-state index contributed by atoms with van der Waals surface area (Å²) in [6.07, 6.45) is 3.30. The van der Waals surface area contributed by atoms with Crippen LogP contribution in [0.5, 0.6) is 0 Å². The van der Waals surface area contributed by atoms with Gasteiger partial charge in [-0.25, -0.2) is 4.79 Å². The number of carbonyl (C=O) groups excluding carboxylic acids is 1. The zero-order valence-electron chi connectivity index (χ0n) is 11.7. The molecule has 20 heavy (non-hydrogen) atoms. The Labute approximate surface area is 124 Å². The number of nitrogens with zero attached hydrogens (tertiary/aromatic N) is 2. The van der Waals surface area contributed by atoms with Gasteiger partial charge in [-0.05, 0) is 51.1 Å². The van der Waals surface area contributed by atoms with E-state index in [-0.39, 0.29) is 6.03 Å². The maximum atomic E-state index is 12.6. The van der Waals surface area contributed by atoms with Crippen molar-refractivity contribution < 1.29 is 4.79 Å². The second-order valence-corrected chi connectivity index (χ2v) is 6.22. The van der Waals surface area contributed by atoms with Crippen LogP contribution in [0.25, 0.3) is 0 Å². The SMILES string of the molecule is CN1CC[C@H]2CC[C@@H](C1)N2C(=O)Nc1cccc(Cl)c1. The lowest BCUT2D eigenvalue weighted by atomic mass is 10.1. The largest absolute Gasteiger partial charge is 0.322 e. The molecule has 0 unspecified atom stereocenters. The first-order valence-corrected chi connectivity index (χ1v) is 7.55. The number of likely N-dealkylation sites (N-methyl/N-ethyl adjacent to an activating group) is 1. The second kappa shape index (κ2) is 5.62. The van der Waals surface area contributed by atoms with Crippen LogP contribution in [0.1, 0.15) is 19.3 Å². The van der Waals surface area contributed by atoms with Crippen molar-refractivity contribution >= 4 is 23.3 Å². The number of rotatable bonds is 1. The number of urea groups is 1. The predicted molar refractivity (Wildman–Crippen MR) is 81.2 cm³/mol. The normalized spacial score (nSPS) is 26.4. The van der Waals surface area contributed by atoms with Gasteiger partial charge in [0.1, 0.15) is 0 Å². The standard InChI is InChI=1S/C15H20ClN3O/c1-18-8-7-13-5-6-14(10-18)19(13)15(20)17-12-4-2-3-11(16)9-12/h2-4,9,13-14H,5-8,10H2,1H3,(H,17,20)/t13-,14+/m1/s1.